The number of hydrogen-bond donors (Lipinski definition) is 3. The van der Waals surface area contributed by atoms with Gasteiger partial charge in [0.25, 0.3) is 0 Å². The van der Waals surface area contributed by atoms with E-state index in [0.717, 1.165) is 38.7 Å². The average Bonchev–Trinajstić information content (AvgIpc) is 2.55. The van der Waals surface area contributed by atoms with Crippen LogP contribution in [0.4, 0.5) is 11.5 Å². The number of rotatable bonds is 2. The van der Waals surface area contributed by atoms with E-state index in [4.69, 9.17) is 0 Å². The molecule has 1 aromatic heterocycles. The van der Waals surface area contributed by atoms with Gasteiger partial charge in [0.2, 0.25) is 0 Å². The summed E-state index contributed by atoms with van der Waals surface area (Å²) >= 11 is 1.62. The van der Waals surface area contributed by atoms with Crippen molar-refractivity contribution < 1.29 is 0 Å². The molecule has 0 unspecified atom stereocenters. The summed E-state index contributed by atoms with van der Waals surface area (Å²) in [6, 6.07) is 6.28. The number of hydrazone groups is 2. The van der Waals surface area contributed by atoms with Crippen molar-refractivity contribution in [3.05, 3.63) is 36.2 Å². The standard InChI is InChI=1S/C14H13N7S/c1-8-18-20-12(21-19-8)7-9-2-3-11-10(6-9)17-13-14(22-11)16-5-4-15-13/h2-6H,7H2,1H3,(H,15,17)(H,18,19)(H,20,21). The molecule has 0 saturated carbocycles. The van der Waals surface area contributed by atoms with E-state index in [1.54, 1.807) is 24.2 Å². The van der Waals surface area contributed by atoms with Gasteiger partial charge in [0.05, 0.1) is 5.69 Å². The summed E-state index contributed by atoms with van der Waals surface area (Å²) in [5.41, 5.74) is 7.99. The van der Waals surface area contributed by atoms with Gasteiger partial charge >= 0.3 is 0 Å². The average molecular weight is 311 g/mol. The van der Waals surface area contributed by atoms with Crippen LogP contribution in [0.25, 0.3) is 0 Å². The Morgan fingerprint density at radius 3 is 2.86 bits per heavy atom. The Balaban J connectivity index is 1.56. The lowest BCUT2D eigenvalue weighted by Crippen LogP contribution is -2.33. The molecule has 2 aromatic rings. The molecule has 0 spiro atoms. The van der Waals surface area contributed by atoms with E-state index in [1.807, 2.05) is 6.92 Å². The highest BCUT2D eigenvalue weighted by Crippen LogP contribution is 2.41. The Labute approximate surface area is 131 Å². The molecule has 2 aliphatic rings. The number of benzene rings is 1. The summed E-state index contributed by atoms with van der Waals surface area (Å²) in [5, 5.41) is 12.6. The number of aromatic nitrogens is 2. The third-order valence-corrected chi connectivity index (χ3v) is 4.31. The maximum atomic E-state index is 4.33. The van der Waals surface area contributed by atoms with Gasteiger partial charge in [-0.05, 0) is 24.6 Å². The predicted octanol–water partition coefficient (Wildman–Crippen LogP) is 2.07. The van der Waals surface area contributed by atoms with Crippen molar-refractivity contribution in [3.63, 3.8) is 0 Å². The molecule has 0 radical (unpaired) electrons. The largest absolute Gasteiger partial charge is 0.337 e. The molecule has 3 N–H and O–H groups in total. The normalized spacial score (nSPS) is 15.3. The fourth-order valence-corrected chi connectivity index (χ4v) is 3.09. The second-order valence-electron chi connectivity index (χ2n) is 4.92. The number of anilines is 2. The highest BCUT2D eigenvalue weighted by atomic mass is 32.2. The zero-order valence-corrected chi connectivity index (χ0v) is 12.6. The molecule has 7 nitrogen and oxygen atoms in total. The first kappa shape index (κ1) is 13.1. The van der Waals surface area contributed by atoms with Crippen LogP contribution in [0.3, 0.4) is 0 Å². The summed E-state index contributed by atoms with van der Waals surface area (Å²) in [6.07, 6.45) is 4.07. The van der Waals surface area contributed by atoms with Gasteiger partial charge in [-0.3, -0.25) is 10.9 Å². The van der Waals surface area contributed by atoms with E-state index in [9.17, 15) is 0 Å². The number of amidine groups is 2. The van der Waals surface area contributed by atoms with Gasteiger partial charge in [0.15, 0.2) is 5.82 Å². The van der Waals surface area contributed by atoms with E-state index in [1.165, 1.54) is 0 Å². The summed E-state index contributed by atoms with van der Waals surface area (Å²) in [6.45, 7) is 1.85. The van der Waals surface area contributed by atoms with Gasteiger partial charge in [-0.25, -0.2) is 9.97 Å². The minimum absolute atomic E-state index is 0.677. The highest BCUT2D eigenvalue weighted by molar-refractivity contribution is 7.99. The highest BCUT2D eigenvalue weighted by Gasteiger charge is 2.18. The number of hydrogen-bond acceptors (Lipinski definition) is 8. The lowest BCUT2D eigenvalue weighted by atomic mass is 10.1. The minimum atomic E-state index is 0.677. The van der Waals surface area contributed by atoms with Gasteiger partial charge in [-0.1, -0.05) is 17.8 Å². The van der Waals surface area contributed by atoms with Crippen molar-refractivity contribution in [2.75, 3.05) is 5.32 Å². The van der Waals surface area contributed by atoms with Crippen LogP contribution in [0, 0.1) is 0 Å². The van der Waals surface area contributed by atoms with Crippen LogP contribution in [0.1, 0.15) is 12.5 Å². The molecule has 0 fully saturated rings. The van der Waals surface area contributed by atoms with Crippen molar-refractivity contribution in [1.29, 1.82) is 0 Å². The van der Waals surface area contributed by atoms with Crippen LogP contribution in [0.15, 0.2) is 50.7 Å². The lowest BCUT2D eigenvalue weighted by Gasteiger charge is -2.19. The van der Waals surface area contributed by atoms with Gasteiger partial charge in [0.1, 0.15) is 16.7 Å². The molecule has 0 bridgehead atoms. The van der Waals surface area contributed by atoms with E-state index in [2.05, 4.69) is 54.5 Å². The third kappa shape index (κ3) is 2.48. The number of nitrogens with one attached hydrogen (secondary N) is 3. The zero-order valence-electron chi connectivity index (χ0n) is 11.8. The first-order valence-corrected chi connectivity index (χ1v) is 7.61. The second kappa shape index (κ2) is 5.30. The molecule has 0 atom stereocenters. The van der Waals surface area contributed by atoms with Crippen LogP contribution in [0.5, 0.6) is 0 Å². The fourth-order valence-electron chi connectivity index (χ4n) is 2.21. The predicted molar refractivity (Wildman–Crippen MR) is 86.4 cm³/mol. The quantitative estimate of drug-likeness (QED) is 0.671. The third-order valence-electron chi connectivity index (χ3n) is 3.25. The topological polar surface area (TPSA) is 86.6 Å². The molecular weight excluding hydrogens is 298 g/mol. The molecule has 110 valence electrons. The van der Waals surface area contributed by atoms with Crippen molar-refractivity contribution in [1.82, 2.24) is 20.8 Å². The van der Waals surface area contributed by atoms with Crippen molar-refractivity contribution >= 4 is 34.9 Å². The smallest absolute Gasteiger partial charge is 0.163 e. The number of fused-ring (bicyclic) bond motifs is 2. The molecule has 22 heavy (non-hydrogen) atoms. The Morgan fingerprint density at radius 1 is 1.09 bits per heavy atom. The molecule has 8 heteroatoms. The maximum absolute atomic E-state index is 4.33. The maximum Gasteiger partial charge on any atom is 0.163 e. The van der Waals surface area contributed by atoms with Crippen molar-refractivity contribution in [2.45, 2.75) is 23.3 Å². The first-order chi connectivity index (χ1) is 10.8. The fraction of sp³-hybridized carbons (Fsp3) is 0.143. The van der Waals surface area contributed by atoms with Gasteiger partial charge in [-0.15, -0.1) is 0 Å². The Morgan fingerprint density at radius 2 is 2.00 bits per heavy atom. The van der Waals surface area contributed by atoms with E-state index in [-0.39, 0.29) is 0 Å². The molecule has 1 aromatic carbocycles. The molecule has 0 aliphatic carbocycles. The Bertz CT molecular complexity index is 800. The molecule has 0 amide bonds. The molecular formula is C14H13N7S. The van der Waals surface area contributed by atoms with Gasteiger partial charge in [-0.2, -0.15) is 10.2 Å². The molecule has 3 heterocycles. The van der Waals surface area contributed by atoms with E-state index >= 15 is 0 Å². The monoisotopic (exact) mass is 311 g/mol. The second-order valence-corrected chi connectivity index (χ2v) is 5.95. The zero-order chi connectivity index (χ0) is 14.9. The van der Waals surface area contributed by atoms with Gasteiger partial charge in [0, 0.05) is 23.7 Å². The Hall–Kier alpha value is -2.61. The number of nitrogens with zero attached hydrogens (tertiary/aromatic N) is 4. The van der Waals surface area contributed by atoms with Crippen molar-refractivity contribution in [3.8, 4) is 0 Å². The first-order valence-electron chi connectivity index (χ1n) is 6.79. The molecule has 0 saturated heterocycles. The lowest BCUT2D eigenvalue weighted by molar-refractivity contribution is 0.856. The van der Waals surface area contributed by atoms with E-state index in [0.29, 0.717) is 6.42 Å². The minimum Gasteiger partial charge on any atom is -0.337 e. The SMILES string of the molecule is CC1=NNC(Cc2ccc3c(c2)Nc2nccnc2S3)=NN1. The van der Waals surface area contributed by atoms with Crippen LogP contribution >= 0.6 is 11.8 Å². The molecule has 2 aliphatic heterocycles. The molecule has 4 rings (SSSR count). The summed E-state index contributed by atoms with van der Waals surface area (Å²) in [4.78, 5) is 9.78. The van der Waals surface area contributed by atoms with Gasteiger partial charge < -0.3 is 5.32 Å². The summed E-state index contributed by atoms with van der Waals surface area (Å²) in [7, 11) is 0. The van der Waals surface area contributed by atoms with Crippen LogP contribution in [-0.2, 0) is 6.42 Å². The van der Waals surface area contributed by atoms with Crippen LogP contribution < -0.4 is 16.2 Å². The van der Waals surface area contributed by atoms with Crippen LogP contribution in [0.2, 0.25) is 0 Å². The Kier molecular flexibility index (Phi) is 3.15. The summed E-state index contributed by atoms with van der Waals surface area (Å²) in [5.74, 6) is 2.34. The van der Waals surface area contributed by atoms with E-state index < -0.39 is 0 Å². The van der Waals surface area contributed by atoms with Crippen LogP contribution in [-0.4, -0.2) is 21.6 Å². The summed E-state index contributed by atoms with van der Waals surface area (Å²) < 4.78 is 0. The van der Waals surface area contributed by atoms with Crippen molar-refractivity contribution in [2.24, 2.45) is 10.2 Å².